The van der Waals surface area contributed by atoms with Crippen LogP contribution in [0.2, 0.25) is 0 Å². The Hall–Kier alpha value is 0.824. The molecule has 0 saturated carbocycles. The molecule has 0 heterocycles. The van der Waals surface area contributed by atoms with Crippen molar-refractivity contribution in [3.05, 3.63) is 0 Å². The van der Waals surface area contributed by atoms with Crippen LogP contribution in [0.3, 0.4) is 0 Å². The van der Waals surface area contributed by atoms with E-state index in [2.05, 4.69) is 9.05 Å². The first kappa shape index (κ1) is 17.2. The first-order valence-electron chi connectivity index (χ1n) is 4.72. The van der Waals surface area contributed by atoms with E-state index in [0.717, 1.165) is 25.7 Å². The standard InChI is InChI=1S/C8H19O4P.Ti/c1-3-5-7-11-13(9,10)12-8-6-4-2;/h3-8H2,1-2H3,(H,9,10);/p-1. The summed E-state index contributed by atoms with van der Waals surface area (Å²) in [6.07, 6.45) is 3.30. The summed E-state index contributed by atoms with van der Waals surface area (Å²) < 4.78 is 20.2. The van der Waals surface area contributed by atoms with Gasteiger partial charge in [-0.15, -0.1) is 0 Å². The molecule has 0 saturated heterocycles. The van der Waals surface area contributed by atoms with Gasteiger partial charge in [0.2, 0.25) is 0 Å². The van der Waals surface area contributed by atoms with E-state index in [4.69, 9.17) is 0 Å². The van der Waals surface area contributed by atoms with Crippen molar-refractivity contribution in [3.63, 3.8) is 0 Å². The molecule has 84 valence electrons. The molecule has 0 aliphatic heterocycles. The molecule has 0 aliphatic rings. The molecule has 0 rings (SSSR count). The fraction of sp³-hybridized carbons (Fsp3) is 1.00. The molecule has 0 bridgehead atoms. The van der Waals surface area contributed by atoms with Crippen LogP contribution in [0.5, 0.6) is 0 Å². The zero-order chi connectivity index (χ0) is 10.2. The smallest absolute Gasteiger partial charge is 0.267 e. The minimum atomic E-state index is -4.00. The first-order valence-corrected chi connectivity index (χ1v) is 6.18. The Morgan fingerprint density at radius 2 is 1.43 bits per heavy atom. The van der Waals surface area contributed by atoms with E-state index in [0.29, 0.717) is 0 Å². The van der Waals surface area contributed by atoms with Gasteiger partial charge in [0, 0.05) is 21.7 Å². The third-order valence-electron chi connectivity index (χ3n) is 1.49. The fourth-order valence-electron chi connectivity index (χ4n) is 0.679. The maximum absolute atomic E-state index is 11.0. The number of hydrogen-bond acceptors (Lipinski definition) is 4. The molecule has 0 atom stereocenters. The van der Waals surface area contributed by atoms with Crippen LogP contribution in [0.25, 0.3) is 0 Å². The van der Waals surface area contributed by atoms with Gasteiger partial charge >= 0.3 is 0 Å². The molecule has 0 N–H and O–H groups in total. The molecular formula is C8H18O4PTi-. The number of phosphoric ester groups is 1. The van der Waals surface area contributed by atoms with Gasteiger partial charge in [-0.1, -0.05) is 26.7 Å². The van der Waals surface area contributed by atoms with E-state index in [-0.39, 0.29) is 34.9 Å². The molecule has 14 heavy (non-hydrogen) atoms. The van der Waals surface area contributed by atoms with Crippen molar-refractivity contribution in [2.75, 3.05) is 13.2 Å². The third kappa shape index (κ3) is 10.9. The van der Waals surface area contributed by atoms with Gasteiger partial charge in [-0.05, 0) is 12.8 Å². The molecule has 6 heteroatoms. The van der Waals surface area contributed by atoms with E-state index in [1.54, 1.807) is 0 Å². The second-order valence-electron chi connectivity index (χ2n) is 2.82. The second kappa shape index (κ2) is 10.3. The summed E-state index contributed by atoms with van der Waals surface area (Å²) in [5.74, 6) is 0. The summed E-state index contributed by atoms with van der Waals surface area (Å²) in [6.45, 7) is 4.39. The van der Waals surface area contributed by atoms with Crippen molar-refractivity contribution >= 4 is 7.82 Å². The molecule has 0 aliphatic carbocycles. The molecule has 0 spiro atoms. The Kier molecular flexibility index (Phi) is 12.7. The van der Waals surface area contributed by atoms with Gasteiger partial charge in [0.25, 0.3) is 7.82 Å². The van der Waals surface area contributed by atoms with E-state index in [1.807, 2.05) is 13.8 Å². The number of rotatable bonds is 8. The van der Waals surface area contributed by atoms with Crippen LogP contribution in [0.4, 0.5) is 0 Å². The minimum Gasteiger partial charge on any atom is -0.756 e. The van der Waals surface area contributed by atoms with E-state index in [1.165, 1.54) is 0 Å². The quantitative estimate of drug-likeness (QED) is 0.379. The predicted molar refractivity (Wildman–Crippen MR) is 49.3 cm³/mol. The molecule has 0 radical (unpaired) electrons. The van der Waals surface area contributed by atoms with Gasteiger partial charge < -0.3 is 13.9 Å². The minimum absolute atomic E-state index is 0. The van der Waals surface area contributed by atoms with Gasteiger partial charge in [-0.3, -0.25) is 4.57 Å². The van der Waals surface area contributed by atoms with Crippen molar-refractivity contribution in [2.24, 2.45) is 0 Å². The molecular weight excluding hydrogens is 239 g/mol. The second-order valence-corrected chi connectivity index (χ2v) is 4.23. The SMILES string of the molecule is CCCCOP(=O)([O-])OCCCC.[Ti]. The molecule has 4 nitrogen and oxygen atoms in total. The summed E-state index contributed by atoms with van der Waals surface area (Å²) in [5, 5.41) is 0. The molecule has 0 aromatic rings. The zero-order valence-corrected chi connectivity index (χ0v) is 11.3. The third-order valence-corrected chi connectivity index (χ3v) is 2.49. The molecule has 0 amide bonds. The summed E-state index contributed by atoms with van der Waals surface area (Å²) in [6, 6.07) is 0. The largest absolute Gasteiger partial charge is 0.756 e. The Morgan fingerprint density at radius 3 is 1.71 bits per heavy atom. The van der Waals surface area contributed by atoms with Crippen LogP contribution >= 0.6 is 7.82 Å². The summed E-state index contributed by atoms with van der Waals surface area (Å²) in [7, 11) is -4.00. The van der Waals surface area contributed by atoms with Crippen molar-refractivity contribution in [1.29, 1.82) is 0 Å². The van der Waals surface area contributed by atoms with Crippen LogP contribution < -0.4 is 4.89 Å². The zero-order valence-electron chi connectivity index (χ0n) is 8.82. The molecule has 0 aromatic carbocycles. The average molecular weight is 257 g/mol. The Labute approximate surface area is 101 Å². The van der Waals surface area contributed by atoms with Crippen molar-refractivity contribution in [2.45, 2.75) is 39.5 Å². The van der Waals surface area contributed by atoms with Crippen molar-refractivity contribution in [1.82, 2.24) is 0 Å². The Morgan fingerprint density at radius 1 is 1.07 bits per heavy atom. The van der Waals surface area contributed by atoms with E-state index >= 15 is 0 Å². The normalized spacial score (nSPS) is 11.1. The molecule has 0 fully saturated rings. The van der Waals surface area contributed by atoms with E-state index in [9.17, 15) is 9.46 Å². The first-order chi connectivity index (χ1) is 6.12. The predicted octanol–water partition coefficient (Wildman–Crippen LogP) is 2.09. The number of phosphoric acid groups is 1. The molecule has 0 unspecified atom stereocenters. The topological polar surface area (TPSA) is 58.6 Å². The van der Waals surface area contributed by atoms with E-state index < -0.39 is 7.82 Å². The van der Waals surface area contributed by atoms with Crippen LogP contribution in [0.15, 0.2) is 0 Å². The van der Waals surface area contributed by atoms with Crippen LogP contribution in [-0.2, 0) is 35.3 Å². The van der Waals surface area contributed by atoms with Crippen LogP contribution in [0.1, 0.15) is 39.5 Å². The average Bonchev–Trinajstić information content (AvgIpc) is 2.05. The maximum atomic E-state index is 11.0. The fourth-order valence-corrected chi connectivity index (χ4v) is 1.46. The number of hydrogen-bond donors (Lipinski definition) is 0. The monoisotopic (exact) mass is 257 g/mol. The maximum Gasteiger partial charge on any atom is 0.267 e. The Balaban J connectivity index is 0. The van der Waals surface area contributed by atoms with Gasteiger partial charge in [0.1, 0.15) is 0 Å². The van der Waals surface area contributed by atoms with Gasteiger partial charge in [0.15, 0.2) is 0 Å². The summed E-state index contributed by atoms with van der Waals surface area (Å²) in [4.78, 5) is 11.0. The van der Waals surface area contributed by atoms with Crippen molar-refractivity contribution in [3.8, 4) is 0 Å². The van der Waals surface area contributed by atoms with Gasteiger partial charge in [-0.2, -0.15) is 0 Å². The van der Waals surface area contributed by atoms with Crippen molar-refractivity contribution < 1.29 is 40.2 Å². The number of unbranched alkanes of at least 4 members (excludes halogenated alkanes) is 2. The van der Waals surface area contributed by atoms with Crippen LogP contribution in [0, 0.1) is 0 Å². The summed E-state index contributed by atoms with van der Waals surface area (Å²) >= 11 is 0. The summed E-state index contributed by atoms with van der Waals surface area (Å²) in [5.41, 5.74) is 0. The van der Waals surface area contributed by atoms with Crippen LogP contribution in [-0.4, -0.2) is 13.2 Å². The molecule has 0 aromatic heterocycles. The van der Waals surface area contributed by atoms with Gasteiger partial charge in [-0.25, -0.2) is 0 Å². The Bertz CT molecular complexity index is 151. The van der Waals surface area contributed by atoms with Gasteiger partial charge in [0.05, 0.1) is 13.2 Å².